The first-order chi connectivity index (χ1) is 11.7. The van der Waals surface area contributed by atoms with Gasteiger partial charge in [-0.1, -0.05) is 28.7 Å². The van der Waals surface area contributed by atoms with Crippen molar-refractivity contribution in [2.24, 2.45) is 0 Å². The smallest absolute Gasteiger partial charge is 0.247 e. The zero-order chi connectivity index (χ0) is 16.5. The summed E-state index contributed by atoms with van der Waals surface area (Å²) in [5.41, 5.74) is 2.40. The van der Waals surface area contributed by atoms with Crippen molar-refractivity contribution in [2.75, 3.05) is 12.4 Å². The van der Waals surface area contributed by atoms with Crippen LogP contribution < -0.4 is 10.1 Å². The molecule has 0 radical (unpaired) electrons. The average molecular weight is 339 g/mol. The third-order valence-corrected chi connectivity index (χ3v) is 4.49. The van der Waals surface area contributed by atoms with Gasteiger partial charge in [-0.2, -0.15) is 0 Å². The molecular formula is C16H13N5O2S. The highest BCUT2D eigenvalue weighted by Crippen LogP contribution is 2.29. The van der Waals surface area contributed by atoms with E-state index in [1.54, 1.807) is 11.8 Å². The Balaban J connectivity index is 1.53. The largest absolute Gasteiger partial charge is 0.497 e. The zero-order valence-electron chi connectivity index (χ0n) is 12.8. The highest BCUT2D eigenvalue weighted by Gasteiger charge is 2.11. The third kappa shape index (κ3) is 2.67. The minimum absolute atomic E-state index is 0.0831. The van der Waals surface area contributed by atoms with Crippen LogP contribution in [-0.2, 0) is 11.3 Å². The second-order valence-electron chi connectivity index (χ2n) is 5.14. The van der Waals surface area contributed by atoms with Crippen molar-refractivity contribution in [2.45, 2.75) is 6.54 Å². The molecule has 24 heavy (non-hydrogen) atoms. The van der Waals surface area contributed by atoms with Crippen molar-refractivity contribution in [3.8, 4) is 5.75 Å². The van der Waals surface area contributed by atoms with Gasteiger partial charge in [-0.3, -0.25) is 4.79 Å². The number of nitrogens with one attached hydrogen (secondary N) is 1. The molecule has 7 nitrogen and oxygen atoms in total. The fourth-order valence-electron chi connectivity index (χ4n) is 2.41. The molecule has 0 fully saturated rings. The monoisotopic (exact) mass is 339 g/mol. The summed E-state index contributed by atoms with van der Waals surface area (Å²) in [6.45, 7) is 0.0831. The van der Waals surface area contributed by atoms with Crippen LogP contribution >= 0.6 is 11.3 Å². The van der Waals surface area contributed by atoms with Crippen LogP contribution in [0.3, 0.4) is 0 Å². The topological polar surface area (TPSA) is 81.9 Å². The van der Waals surface area contributed by atoms with Gasteiger partial charge < -0.3 is 10.1 Å². The van der Waals surface area contributed by atoms with Crippen LogP contribution in [0, 0.1) is 0 Å². The number of methoxy groups -OCH3 is 1. The van der Waals surface area contributed by atoms with E-state index in [2.05, 4.69) is 20.6 Å². The van der Waals surface area contributed by atoms with Crippen molar-refractivity contribution < 1.29 is 9.53 Å². The third-order valence-electron chi connectivity index (χ3n) is 3.56. The van der Waals surface area contributed by atoms with Crippen LogP contribution in [0.1, 0.15) is 0 Å². The second-order valence-corrected chi connectivity index (χ2v) is 6.17. The Bertz CT molecular complexity index is 1040. The first kappa shape index (κ1) is 14.6. The molecule has 0 unspecified atom stereocenters. The zero-order valence-corrected chi connectivity index (χ0v) is 13.6. The minimum Gasteiger partial charge on any atom is -0.497 e. The van der Waals surface area contributed by atoms with E-state index in [0.717, 1.165) is 27.0 Å². The normalized spacial score (nSPS) is 11.0. The Hall–Kier alpha value is -3.00. The van der Waals surface area contributed by atoms with Crippen molar-refractivity contribution in [1.29, 1.82) is 0 Å². The molecule has 1 N–H and O–H groups in total. The van der Waals surface area contributed by atoms with Gasteiger partial charge in [0.25, 0.3) is 0 Å². The fraction of sp³-hybridized carbons (Fsp3) is 0.125. The Labute approximate surface area is 140 Å². The van der Waals surface area contributed by atoms with Crippen LogP contribution in [0.15, 0.2) is 42.5 Å². The number of carbonyl (C=O) groups is 1. The molecule has 120 valence electrons. The maximum atomic E-state index is 12.3. The Morgan fingerprint density at radius 3 is 3.00 bits per heavy atom. The standard InChI is InChI=1S/C16H13N5O2S/c1-23-10-6-7-12-14(8-10)24-16(17-12)18-15(22)9-21-13-5-3-2-4-11(13)19-20-21/h2-8H,9H2,1H3,(H,17,18,22). The number of ether oxygens (including phenoxy) is 1. The van der Waals surface area contributed by atoms with E-state index in [4.69, 9.17) is 4.74 Å². The maximum absolute atomic E-state index is 12.3. The Morgan fingerprint density at radius 2 is 2.12 bits per heavy atom. The van der Waals surface area contributed by atoms with Crippen molar-refractivity contribution >= 4 is 43.6 Å². The summed E-state index contributed by atoms with van der Waals surface area (Å²) >= 11 is 1.40. The van der Waals surface area contributed by atoms with Crippen LogP contribution in [0.4, 0.5) is 5.13 Å². The first-order valence-corrected chi connectivity index (χ1v) is 8.07. The van der Waals surface area contributed by atoms with Gasteiger partial charge in [-0.15, -0.1) is 5.10 Å². The van der Waals surface area contributed by atoms with E-state index in [9.17, 15) is 4.79 Å². The van der Waals surface area contributed by atoms with Gasteiger partial charge in [0.15, 0.2) is 5.13 Å². The number of amides is 1. The van der Waals surface area contributed by atoms with Gasteiger partial charge in [0.1, 0.15) is 17.8 Å². The molecule has 0 aliphatic heterocycles. The number of thiazole rings is 1. The number of para-hydroxylation sites is 1. The van der Waals surface area contributed by atoms with Gasteiger partial charge in [0.05, 0.1) is 22.8 Å². The van der Waals surface area contributed by atoms with Gasteiger partial charge in [0, 0.05) is 0 Å². The number of anilines is 1. The van der Waals surface area contributed by atoms with Crippen LogP contribution in [-0.4, -0.2) is 33.0 Å². The molecule has 0 saturated carbocycles. The maximum Gasteiger partial charge on any atom is 0.247 e. The quantitative estimate of drug-likeness (QED) is 0.618. The Morgan fingerprint density at radius 1 is 1.25 bits per heavy atom. The molecule has 0 aliphatic carbocycles. The molecule has 0 bridgehead atoms. The number of hydrogen-bond acceptors (Lipinski definition) is 6. The number of aromatic nitrogens is 4. The van der Waals surface area contributed by atoms with Gasteiger partial charge in [-0.05, 0) is 30.3 Å². The van der Waals surface area contributed by atoms with Gasteiger partial charge in [0.2, 0.25) is 5.91 Å². The molecule has 8 heteroatoms. The summed E-state index contributed by atoms with van der Waals surface area (Å²) in [6, 6.07) is 13.1. The number of fused-ring (bicyclic) bond motifs is 2. The van der Waals surface area contributed by atoms with Crippen LogP contribution in [0.2, 0.25) is 0 Å². The summed E-state index contributed by atoms with van der Waals surface area (Å²) in [5.74, 6) is 0.565. The number of hydrogen-bond donors (Lipinski definition) is 1. The molecule has 0 spiro atoms. The lowest BCUT2D eigenvalue weighted by Gasteiger charge is -2.02. The number of nitrogens with zero attached hydrogens (tertiary/aromatic N) is 4. The van der Waals surface area contributed by atoms with E-state index < -0.39 is 0 Å². The molecule has 0 saturated heterocycles. The first-order valence-electron chi connectivity index (χ1n) is 7.25. The summed E-state index contributed by atoms with van der Waals surface area (Å²) in [7, 11) is 1.62. The van der Waals surface area contributed by atoms with Crippen LogP contribution in [0.5, 0.6) is 5.75 Å². The Kier molecular flexibility index (Phi) is 3.58. The SMILES string of the molecule is COc1ccc2nc(NC(=O)Cn3nnc4ccccc43)sc2c1. The molecular weight excluding hydrogens is 326 g/mol. The predicted molar refractivity (Wildman–Crippen MR) is 92.3 cm³/mol. The van der Waals surface area contributed by atoms with Crippen molar-refractivity contribution in [3.63, 3.8) is 0 Å². The molecule has 4 aromatic rings. The summed E-state index contributed by atoms with van der Waals surface area (Å²) < 4.78 is 7.72. The summed E-state index contributed by atoms with van der Waals surface area (Å²) in [5, 5.41) is 11.4. The summed E-state index contributed by atoms with van der Waals surface area (Å²) in [6.07, 6.45) is 0. The van der Waals surface area contributed by atoms with Crippen molar-refractivity contribution in [1.82, 2.24) is 20.0 Å². The lowest BCUT2D eigenvalue weighted by Crippen LogP contribution is -2.19. The lowest BCUT2D eigenvalue weighted by atomic mass is 10.3. The van der Waals surface area contributed by atoms with E-state index in [1.807, 2.05) is 42.5 Å². The minimum atomic E-state index is -0.198. The van der Waals surface area contributed by atoms with E-state index in [0.29, 0.717) is 5.13 Å². The van der Waals surface area contributed by atoms with Crippen molar-refractivity contribution in [3.05, 3.63) is 42.5 Å². The van der Waals surface area contributed by atoms with Crippen LogP contribution in [0.25, 0.3) is 21.3 Å². The van der Waals surface area contributed by atoms with E-state index in [1.165, 1.54) is 11.3 Å². The van der Waals surface area contributed by atoms with Gasteiger partial charge >= 0.3 is 0 Å². The van der Waals surface area contributed by atoms with E-state index in [-0.39, 0.29) is 12.5 Å². The number of carbonyl (C=O) groups excluding carboxylic acids is 1. The molecule has 4 rings (SSSR count). The molecule has 2 aromatic carbocycles. The molecule has 2 aromatic heterocycles. The predicted octanol–water partition coefficient (Wildman–Crippen LogP) is 2.69. The average Bonchev–Trinajstić information content (AvgIpc) is 3.17. The molecule has 2 heterocycles. The fourth-order valence-corrected chi connectivity index (χ4v) is 3.32. The number of benzene rings is 2. The van der Waals surface area contributed by atoms with Gasteiger partial charge in [-0.25, -0.2) is 9.67 Å². The lowest BCUT2D eigenvalue weighted by molar-refractivity contribution is -0.116. The molecule has 0 aliphatic rings. The highest BCUT2D eigenvalue weighted by molar-refractivity contribution is 7.22. The molecule has 0 atom stereocenters. The molecule has 1 amide bonds. The highest BCUT2D eigenvalue weighted by atomic mass is 32.1. The number of rotatable bonds is 4. The second kappa shape index (κ2) is 5.89. The summed E-state index contributed by atoms with van der Waals surface area (Å²) in [4.78, 5) is 16.7. The van der Waals surface area contributed by atoms with E-state index >= 15 is 0 Å².